The lowest BCUT2D eigenvalue weighted by Crippen LogP contribution is -1.96. The number of methoxy groups -OCH3 is 1. The van der Waals surface area contributed by atoms with Gasteiger partial charge in [0.15, 0.2) is 5.78 Å². The van der Waals surface area contributed by atoms with Gasteiger partial charge in [-0.2, -0.15) is 0 Å². The number of carbonyl (C=O) groups is 1. The van der Waals surface area contributed by atoms with Gasteiger partial charge >= 0.3 is 0 Å². The van der Waals surface area contributed by atoms with E-state index in [1.165, 1.54) is 0 Å². The van der Waals surface area contributed by atoms with E-state index < -0.39 is 0 Å². The van der Waals surface area contributed by atoms with Crippen molar-refractivity contribution in [1.29, 1.82) is 0 Å². The second-order valence-corrected chi connectivity index (χ2v) is 5.79. The molecule has 0 aliphatic heterocycles. The second kappa shape index (κ2) is 6.86. The fourth-order valence-electron chi connectivity index (χ4n) is 1.73. The number of benzene rings is 2. The van der Waals surface area contributed by atoms with Crippen molar-refractivity contribution in [3.8, 4) is 5.75 Å². The molecule has 0 aromatic heterocycles. The second-order valence-electron chi connectivity index (χ2n) is 4.08. The van der Waals surface area contributed by atoms with Crippen molar-refractivity contribution in [3.63, 3.8) is 0 Å². The van der Waals surface area contributed by atoms with Crippen molar-refractivity contribution in [1.82, 2.24) is 0 Å². The first-order valence-corrected chi connectivity index (χ1v) is 7.51. The maximum atomic E-state index is 12.2. The Morgan fingerprint density at radius 1 is 1.10 bits per heavy atom. The predicted molar refractivity (Wildman–Crippen MR) is 88.2 cm³/mol. The molecule has 0 saturated heterocycles. The standard InChI is InChI=1S/C16H12Br2O2/c1-20-16-13(17)9-12(10-14(16)18)15(19)8-7-11-5-3-2-4-6-11/h2-10H,1H3/b8-7+. The van der Waals surface area contributed by atoms with E-state index in [0.29, 0.717) is 11.3 Å². The van der Waals surface area contributed by atoms with Crippen LogP contribution in [-0.2, 0) is 0 Å². The van der Waals surface area contributed by atoms with Crippen LogP contribution >= 0.6 is 31.9 Å². The fourth-order valence-corrected chi connectivity index (χ4v) is 3.24. The highest BCUT2D eigenvalue weighted by Gasteiger charge is 2.11. The molecule has 2 aromatic rings. The van der Waals surface area contributed by atoms with Crippen molar-refractivity contribution in [2.45, 2.75) is 0 Å². The van der Waals surface area contributed by atoms with E-state index >= 15 is 0 Å². The van der Waals surface area contributed by atoms with E-state index in [2.05, 4.69) is 31.9 Å². The third-order valence-electron chi connectivity index (χ3n) is 2.71. The Morgan fingerprint density at radius 2 is 1.70 bits per heavy atom. The van der Waals surface area contributed by atoms with Crippen molar-refractivity contribution in [3.05, 3.63) is 68.6 Å². The predicted octanol–water partition coefficient (Wildman–Crippen LogP) is 5.12. The molecule has 0 spiro atoms. The van der Waals surface area contributed by atoms with Gasteiger partial charge in [-0.15, -0.1) is 0 Å². The summed E-state index contributed by atoms with van der Waals surface area (Å²) in [5.41, 5.74) is 1.59. The molecule has 20 heavy (non-hydrogen) atoms. The van der Waals surface area contributed by atoms with Crippen LogP contribution in [0.3, 0.4) is 0 Å². The molecule has 0 aliphatic rings. The minimum absolute atomic E-state index is 0.0575. The van der Waals surface area contributed by atoms with Gasteiger partial charge in [0, 0.05) is 5.56 Å². The van der Waals surface area contributed by atoms with Crippen LogP contribution in [0.5, 0.6) is 5.75 Å². The zero-order valence-electron chi connectivity index (χ0n) is 10.8. The van der Waals surface area contributed by atoms with Crippen LogP contribution in [0.2, 0.25) is 0 Å². The van der Waals surface area contributed by atoms with Gasteiger partial charge in [-0.05, 0) is 55.6 Å². The van der Waals surface area contributed by atoms with Crippen LogP contribution in [0.1, 0.15) is 15.9 Å². The smallest absolute Gasteiger partial charge is 0.185 e. The van der Waals surface area contributed by atoms with E-state index in [1.807, 2.05) is 30.3 Å². The zero-order valence-corrected chi connectivity index (χ0v) is 13.9. The highest BCUT2D eigenvalue weighted by molar-refractivity contribution is 9.11. The number of rotatable bonds is 4. The number of ketones is 1. The van der Waals surface area contributed by atoms with E-state index in [4.69, 9.17) is 4.74 Å². The molecule has 0 radical (unpaired) electrons. The normalized spacial score (nSPS) is 10.8. The van der Waals surface area contributed by atoms with Gasteiger partial charge in [0.05, 0.1) is 16.1 Å². The quantitative estimate of drug-likeness (QED) is 0.530. The van der Waals surface area contributed by atoms with Crippen LogP contribution in [0, 0.1) is 0 Å². The summed E-state index contributed by atoms with van der Waals surface area (Å²) in [4.78, 5) is 12.2. The average Bonchev–Trinajstić information content (AvgIpc) is 2.45. The molecular formula is C16H12Br2O2. The lowest BCUT2D eigenvalue weighted by atomic mass is 10.1. The van der Waals surface area contributed by atoms with E-state index in [1.54, 1.807) is 31.4 Å². The molecule has 4 heteroatoms. The van der Waals surface area contributed by atoms with E-state index in [9.17, 15) is 4.79 Å². The van der Waals surface area contributed by atoms with Crippen molar-refractivity contribution >= 4 is 43.7 Å². The molecule has 0 aliphatic carbocycles. The Bertz CT molecular complexity index is 626. The molecule has 2 aromatic carbocycles. The highest BCUT2D eigenvalue weighted by Crippen LogP contribution is 2.34. The summed E-state index contributed by atoms with van der Waals surface area (Å²) < 4.78 is 6.70. The van der Waals surface area contributed by atoms with E-state index in [0.717, 1.165) is 14.5 Å². The average molecular weight is 396 g/mol. The van der Waals surface area contributed by atoms with Crippen LogP contribution < -0.4 is 4.74 Å². The SMILES string of the molecule is COc1c(Br)cc(C(=O)/C=C/c2ccccc2)cc1Br. The van der Waals surface area contributed by atoms with Gasteiger partial charge in [0.1, 0.15) is 5.75 Å². The summed E-state index contributed by atoms with van der Waals surface area (Å²) in [6.45, 7) is 0. The number of hydrogen-bond acceptors (Lipinski definition) is 2. The molecule has 0 bridgehead atoms. The molecule has 102 valence electrons. The number of hydrogen-bond donors (Lipinski definition) is 0. The molecule has 2 nitrogen and oxygen atoms in total. The van der Waals surface area contributed by atoms with Crippen molar-refractivity contribution in [2.75, 3.05) is 7.11 Å². The molecule has 0 fully saturated rings. The van der Waals surface area contributed by atoms with Crippen LogP contribution in [-0.4, -0.2) is 12.9 Å². The van der Waals surface area contributed by atoms with Crippen molar-refractivity contribution in [2.24, 2.45) is 0 Å². The molecule has 0 unspecified atom stereocenters. The van der Waals surface area contributed by atoms with E-state index in [-0.39, 0.29) is 5.78 Å². The van der Waals surface area contributed by atoms with Gasteiger partial charge < -0.3 is 4.74 Å². The first-order chi connectivity index (χ1) is 9.61. The van der Waals surface area contributed by atoms with Gasteiger partial charge in [-0.1, -0.05) is 36.4 Å². The zero-order chi connectivity index (χ0) is 14.5. The molecule has 0 amide bonds. The lowest BCUT2D eigenvalue weighted by molar-refractivity contribution is 0.104. The summed E-state index contributed by atoms with van der Waals surface area (Å²) in [5.74, 6) is 0.617. The maximum Gasteiger partial charge on any atom is 0.185 e. The van der Waals surface area contributed by atoms with Crippen LogP contribution in [0.15, 0.2) is 57.5 Å². The third kappa shape index (κ3) is 3.58. The summed E-state index contributed by atoms with van der Waals surface area (Å²) in [5, 5.41) is 0. The molecule has 0 saturated carbocycles. The van der Waals surface area contributed by atoms with Crippen LogP contribution in [0.25, 0.3) is 6.08 Å². The summed E-state index contributed by atoms with van der Waals surface area (Å²) in [6, 6.07) is 13.2. The van der Waals surface area contributed by atoms with Crippen LogP contribution in [0.4, 0.5) is 0 Å². The number of allylic oxidation sites excluding steroid dienone is 1. The molecule has 0 N–H and O–H groups in total. The molecule has 0 heterocycles. The Morgan fingerprint density at radius 3 is 2.25 bits per heavy atom. The highest BCUT2D eigenvalue weighted by atomic mass is 79.9. The minimum atomic E-state index is -0.0575. The Balaban J connectivity index is 2.24. The monoisotopic (exact) mass is 394 g/mol. The van der Waals surface area contributed by atoms with Gasteiger partial charge in [-0.25, -0.2) is 0 Å². The topological polar surface area (TPSA) is 26.3 Å². The molecule has 0 atom stereocenters. The van der Waals surface area contributed by atoms with Gasteiger partial charge in [0.2, 0.25) is 0 Å². The Labute approximate surface area is 134 Å². The first kappa shape index (κ1) is 15.0. The molecular weight excluding hydrogens is 384 g/mol. The van der Waals surface area contributed by atoms with Crippen molar-refractivity contribution < 1.29 is 9.53 Å². The largest absolute Gasteiger partial charge is 0.494 e. The maximum absolute atomic E-state index is 12.2. The first-order valence-electron chi connectivity index (χ1n) is 5.92. The number of carbonyl (C=O) groups excluding carboxylic acids is 1. The lowest BCUT2D eigenvalue weighted by Gasteiger charge is -2.07. The summed E-state index contributed by atoms with van der Waals surface area (Å²) >= 11 is 6.78. The Hall–Kier alpha value is -1.39. The fraction of sp³-hybridized carbons (Fsp3) is 0.0625. The third-order valence-corrected chi connectivity index (χ3v) is 3.89. The molecule has 2 rings (SSSR count). The summed E-state index contributed by atoms with van der Waals surface area (Å²) in [7, 11) is 1.58. The number of ether oxygens (including phenoxy) is 1. The summed E-state index contributed by atoms with van der Waals surface area (Å²) in [6.07, 6.45) is 3.37. The van der Waals surface area contributed by atoms with Gasteiger partial charge in [0.25, 0.3) is 0 Å². The minimum Gasteiger partial charge on any atom is -0.494 e. The Kier molecular flexibility index (Phi) is 5.15. The van der Waals surface area contributed by atoms with Gasteiger partial charge in [-0.3, -0.25) is 4.79 Å². The number of halogens is 2.